The molecule has 0 fully saturated rings. The number of nitrogens with one attached hydrogen (secondary N) is 1. The molecule has 3 aromatic rings. The molecule has 5 heteroatoms. The second kappa shape index (κ2) is 6.71. The van der Waals surface area contributed by atoms with E-state index in [0.29, 0.717) is 6.54 Å². The van der Waals surface area contributed by atoms with Gasteiger partial charge in [0, 0.05) is 6.04 Å². The average Bonchev–Trinajstić information content (AvgIpc) is 3.04. The van der Waals surface area contributed by atoms with Crippen LogP contribution in [0.2, 0.25) is 0 Å². The highest BCUT2D eigenvalue weighted by atomic mass is 15.5. The normalized spacial score (nSPS) is 12.3. The monoisotopic (exact) mass is 307 g/mol. The highest BCUT2D eigenvalue weighted by Crippen LogP contribution is 2.19. The molecule has 1 N–H and O–H groups in total. The molecule has 1 atom stereocenters. The fraction of sp³-hybridized carbons (Fsp3) is 0.278. The Bertz CT molecular complexity index is 779. The molecule has 0 bridgehead atoms. The topological polar surface area (TPSA) is 55.6 Å². The molecule has 0 radical (unpaired) electrons. The summed E-state index contributed by atoms with van der Waals surface area (Å²) < 4.78 is 1.77. The van der Waals surface area contributed by atoms with Gasteiger partial charge >= 0.3 is 0 Å². The van der Waals surface area contributed by atoms with Crippen LogP contribution in [0, 0.1) is 13.8 Å². The first-order valence-corrected chi connectivity index (χ1v) is 7.78. The van der Waals surface area contributed by atoms with Crippen molar-refractivity contribution in [3.63, 3.8) is 0 Å². The van der Waals surface area contributed by atoms with Crippen molar-refractivity contribution in [2.45, 2.75) is 33.4 Å². The van der Waals surface area contributed by atoms with Gasteiger partial charge in [0.1, 0.15) is 0 Å². The van der Waals surface area contributed by atoms with Crippen molar-refractivity contribution in [1.29, 1.82) is 0 Å². The van der Waals surface area contributed by atoms with Crippen molar-refractivity contribution in [1.82, 2.24) is 25.5 Å². The average molecular weight is 307 g/mol. The molecule has 118 valence electrons. The second-order valence-corrected chi connectivity index (χ2v) is 5.81. The predicted octanol–water partition coefficient (Wildman–Crippen LogP) is 3.13. The van der Waals surface area contributed by atoms with Crippen molar-refractivity contribution in [3.05, 3.63) is 71.0 Å². The lowest BCUT2D eigenvalue weighted by Gasteiger charge is -2.17. The molecule has 0 unspecified atom stereocenters. The van der Waals surface area contributed by atoms with E-state index < -0.39 is 0 Å². The minimum absolute atomic E-state index is 0.232. The van der Waals surface area contributed by atoms with Gasteiger partial charge in [-0.25, -0.2) is 0 Å². The molecular formula is C18H21N5. The van der Waals surface area contributed by atoms with Gasteiger partial charge in [-0.05, 0) is 54.5 Å². The largest absolute Gasteiger partial charge is 0.303 e. The van der Waals surface area contributed by atoms with Gasteiger partial charge in [-0.1, -0.05) is 42.0 Å². The number of hydrogen-bond donors (Lipinski definition) is 1. The Morgan fingerprint density at radius 1 is 1.09 bits per heavy atom. The van der Waals surface area contributed by atoms with E-state index in [9.17, 15) is 0 Å². The molecule has 5 nitrogen and oxygen atoms in total. The van der Waals surface area contributed by atoms with Crippen LogP contribution in [0.5, 0.6) is 0 Å². The maximum absolute atomic E-state index is 4.14. The van der Waals surface area contributed by atoms with Gasteiger partial charge < -0.3 is 5.32 Å². The van der Waals surface area contributed by atoms with E-state index in [0.717, 1.165) is 11.5 Å². The molecule has 2 aromatic carbocycles. The first-order valence-electron chi connectivity index (χ1n) is 7.78. The SMILES string of the molecule is Cc1ccc(C)c([C@@H](C)NCc2nnnn2-c2ccccc2)c1. The minimum atomic E-state index is 0.232. The van der Waals surface area contributed by atoms with Crippen LogP contribution in [0.4, 0.5) is 0 Å². The molecule has 0 aliphatic heterocycles. The van der Waals surface area contributed by atoms with Crippen molar-refractivity contribution >= 4 is 0 Å². The fourth-order valence-corrected chi connectivity index (χ4v) is 2.67. The molecule has 0 amide bonds. The smallest absolute Gasteiger partial charge is 0.170 e. The quantitative estimate of drug-likeness (QED) is 0.787. The third-order valence-electron chi connectivity index (χ3n) is 4.00. The summed E-state index contributed by atoms with van der Waals surface area (Å²) in [6.07, 6.45) is 0. The highest BCUT2D eigenvalue weighted by molar-refractivity contribution is 5.33. The number of tetrazole rings is 1. The second-order valence-electron chi connectivity index (χ2n) is 5.81. The van der Waals surface area contributed by atoms with E-state index in [-0.39, 0.29) is 6.04 Å². The molecule has 3 rings (SSSR count). The molecule has 1 aromatic heterocycles. The van der Waals surface area contributed by atoms with E-state index >= 15 is 0 Å². The molecule has 0 aliphatic carbocycles. The van der Waals surface area contributed by atoms with E-state index in [2.05, 4.69) is 59.8 Å². The van der Waals surface area contributed by atoms with E-state index in [1.807, 2.05) is 30.3 Å². The standard InChI is InChI=1S/C18H21N5/c1-13-9-10-14(2)17(11-13)15(3)19-12-18-20-21-22-23(18)16-7-5-4-6-8-16/h4-11,15,19H,12H2,1-3H3/t15-/m1/s1. The van der Waals surface area contributed by atoms with Crippen molar-refractivity contribution in [2.24, 2.45) is 0 Å². The lowest BCUT2D eigenvalue weighted by Crippen LogP contribution is -2.21. The van der Waals surface area contributed by atoms with Gasteiger partial charge in [0.25, 0.3) is 0 Å². The molecule has 0 aliphatic rings. The Kier molecular flexibility index (Phi) is 4.48. The number of aryl methyl sites for hydroxylation is 2. The summed E-state index contributed by atoms with van der Waals surface area (Å²) in [6.45, 7) is 7.03. The molecule has 0 spiro atoms. The van der Waals surface area contributed by atoms with Gasteiger partial charge in [-0.15, -0.1) is 5.10 Å². The number of aromatic nitrogens is 4. The minimum Gasteiger partial charge on any atom is -0.303 e. The first kappa shape index (κ1) is 15.4. The van der Waals surface area contributed by atoms with Gasteiger partial charge in [0.05, 0.1) is 12.2 Å². The van der Waals surface area contributed by atoms with Gasteiger partial charge in [-0.3, -0.25) is 0 Å². The fourth-order valence-electron chi connectivity index (χ4n) is 2.67. The summed E-state index contributed by atoms with van der Waals surface area (Å²) in [4.78, 5) is 0. The zero-order valence-corrected chi connectivity index (χ0v) is 13.7. The van der Waals surface area contributed by atoms with Crippen LogP contribution in [-0.4, -0.2) is 20.2 Å². The maximum atomic E-state index is 4.14. The van der Waals surface area contributed by atoms with Crippen LogP contribution >= 0.6 is 0 Å². The summed E-state index contributed by atoms with van der Waals surface area (Å²) >= 11 is 0. The van der Waals surface area contributed by atoms with Gasteiger partial charge in [0.15, 0.2) is 5.82 Å². The summed E-state index contributed by atoms with van der Waals surface area (Å²) in [5, 5.41) is 15.5. The Morgan fingerprint density at radius 3 is 2.65 bits per heavy atom. The Morgan fingerprint density at radius 2 is 1.87 bits per heavy atom. The zero-order chi connectivity index (χ0) is 16.2. The molecule has 0 saturated carbocycles. The maximum Gasteiger partial charge on any atom is 0.170 e. The van der Waals surface area contributed by atoms with E-state index in [4.69, 9.17) is 0 Å². The van der Waals surface area contributed by atoms with Crippen molar-refractivity contribution in [2.75, 3.05) is 0 Å². The van der Waals surface area contributed by atoms with Gasteiger partial charge in [0.2, 0.25) is 0 Å². The number of rotatable bonds is 5. The van der Waals surface area contributed by atoms with Gasteiger partial charge in [-0.2, -0.15) is 4.68 Å². The zero-order valence-electron chi connectivity index (χ0n) is 13.7. The van der Waals surface area contributed by atoms with Crippen LogP contribution in [0.25, 0.3) is 5.69 Å². The lowest BCUT2D eigenvalue weighted by atomic mass is 10.00. The lowest BCUT2D eigenvalue weighted by molar-refractivity contribution is 0.548. The van der Waals surface area contributed by atoms with Crippen LogP contribution in [-0.2, 0) is 6.54 Å². The Labute approximate surface area is 136 Å². The molecule has 0 saturated heterocycles. The summed E-state index contributed by atoms with van der Waals surface area (Å²) in [5.41, 5.74) is 4.84. The van der Waals surface area contributed by atoms with Crippen molar-refractivity contribution < 1.29 is 0 Å². The molecule has 23 heavy (non-hydrogen) atoms. The third kappa shape index (κ3) is 3.46. The third-order valence-corrected chi connectivity index (χ3v) is 4.00. The van der Waals surface area contributed by atoms with Crippen LogP contribution in [0.1, 0.15) is 35.5 Å². The number of hydrogen-bond acceptors (Lipinski definition) is 4. The predicted molar refractivity (Wildman–Crippen MR) is 90.3 cm³/mol. The number of nitrogens with zero attached hydrogens (tertiary/aromatic N) is 4. The first-order chi connectivity index (χ1) is 11.1. The summed E-state index contributed by atoms with van der Waals surface area (Å²) in [6, 6.07) is 16.7. The van der Waals surface area contributed by atoms with Crippen LogP contribution in [0.3, 0.4) is 0 Å². The Hall–Kier alpha value is -2.53. The summed E-state index contributed by atoms with van der Waals surface area (Å²) in [5.74, 6) is 0.799. The van der Waals surface area contributed by atoms with E-state index in [1.165, 1.54) is 16.7 Å². The molecule has 1 heterocycles. The Balaban J connectivity index is 1.74. The van der Waals surface area contributed by atoms with Crippen LogP contribution in [0.15, 0.2) is 48.5 Å². The highest BCUT2D eigenvalue weighted by Gasteiger charge is 2.12. The number of benzene rings is 2. The van der Waals surface area contributed by atoms with Crippen LogP contribution < -0.4 is 5.32 Å². The molecular weight excluding hydrogens is 286 g/mol. The van der Waals surface area contributed by atoms with Crippen molar-refractivity contribution in [3.8, 4) is 5.69 Å². The summed E-state index contributed by atoms with van der Waals surface area (Å²) in [7, 11) is 0. The number of para-hydroxylation sites is 1. The van der Waals surface area contributed by atoms with E-state index in [1.54, 1.807) is 4.68 Å².